The Labute approximate surface area is 138 Å². The molecule has 1 unspecified atom stereocenters. The fourth-order valence-electron chi connectivity index (χ4n) is 1.89. The zero-order valence-corrected chi connectivity index (χ0v) is 14.4. The molecule has 0 saturated carbocycles. The molecule has 1 aliphatic rings. The number of anilines is 1. The lowest BCUT2D eigenvalue weighted by Crippen LogP contribution is -2.42. The fraction of sp³-hybridized carbons (Fsp3) is 0.429. The monoisotopic (exact) mass is 345 g/mol. The summed E-state index contributed by atoms with van der Waals surface area (Å²) in [4.78, 5) is 18.6. The van der Waals surface area contributed by atoms with Gasteiger partial charge in [-0.1, -0.05) is 41.9 Å². The van der Waals surface area contributed by atoms with Gasteiger partial charge < -0.3 is 5.32 Å². The van der Waals surface area contributed by atoms with Crippen LogP contribution in [-0.4, -0.2) is 33.9 Å². The molecule has 2 amide bonds. The van der Waals surface area contributed by atoms with Gasteiger partial charge in [0.25, 0.3) is 0 Å². The third-order valence-electron chi connectivity index (χ3n) is 2.90. The van der Waals surface area contributed by atoms with Gasteiger partial charge in [0.15, 0.2) is 5.17 Å². The molecule has 0 spiro atoms. The Morgan fingerprint density at radius 1 is 1.43 bits per heavy atom. The topological polar surface area (TPSA) is 44.7 Å². The first-order chi connectivity index (χ1) is 9.88. The van der Waals surface area contributed by atoms with Crippen molar-refractivity contribution in [2.75, 3.05) is 11.9 Å². The van der Waals surface area contributed by atoms with E-state index in [0.717, 1.165) is 11.7 Å². The van der Waals surface area contributed by atoms with Crippen LogP contribution in [-0.2, 0) is 0 Å². The van der Waals surface area contributed by atoms with Crippen molar-refractivity contribution in [3.8, 4) is 0 Å². The van der Waals surface area contributed by atoms with Crippen molar-refractivity contribution in [2.24, 2.45) is 4.99 Å². The Kier molecular flexibility index (Phi) is 5.41. The maximum atomic E-state index is 12.5. The van der Waals surface area contributed by atoms with Crippen molar-refractivity contribution in [1.29, 1.82) is 0 Å². The number of carbonyl (C=O) groups excluding carboxylic acids is 1. The molecule has 0 radical (unpaired) electrons. The van der Waals surface area contributed by atoms with Crippen LogP contribution < -0.4 is 5.32 Å². The molecule has 1 N–H and O–H groups in total. The fourth-order valence-corrected chi connectivity index (χ4v) is 3.26. The molecule has 114 valence electrons. The van der Waals surface area contributed by atoms with Crippen molar-refractivity contribution in [3.05, 3.63) is 28.2 Å². The Morgan fingerprint density at radius 3 is 2.67 bits per heavy atom. The molecule has 0 saturated heterocycles. The number of benzene rings is 1. The third kappa shape index (κ3) is 4.05. The lowest BCUT2D eigenvalue weighted by atomic mass is 10.3. The normalized spacial score (nSPS) is 17.8. The van der Waals surface area contributed by atoms with E-state index in [1.165, 1.54) is 0 Å². The number of thioether (sulfide) groups is 1. The molecule has 2 rings (SSSR count). The average molecular weight is 346 g/mol. The van der Waals surface area contributed by atoms with Crippen LogP contribution in [0.4, 0.5) is 10.5 Å². The maximum absolute atomic E-state index is 12.5. The number of carbonyl (C=O) groups is 1. The minimum Gasteiger partial charge on any atom is -0.307 e. The number of amidine groups is 1. The SMILES string of the molecule is CC1CN=C(N(C(=O)Nc2ccc(Cl)c(Cl)c2)C(C)C)S1. The van der Waals surface area contributed by atoms with Gasteiger partial charge in [-0.2, -0.15) is 0 Å². The molecule has 7 heteroatoms. The number of hydrogen-bond acceptors (Lipinski definition) is 3. The lowest BCUT2D eigenvalue weighted by molar-refractivity contribution is 0.227. The predicted octanol–water partition coefficient (Wildman–Crippen LogP) is 4.73. The zero-order chi connectivity index (χ0) is 15.6. The van der Waals surface area contributed by atoms with Crippen molar-refractivity contribution >= 4 is 51.8 Å². The molecule has 1 atom stereocenters. The first kappa shape index (κ1) is 16.5. The summed E-state index contributed by atoms with van der Waals surface area (Å²) in [6.07, 6.45) is 0. The van der Waals surface area contributed by atoms with E-state index in [1.807, 2.05) is 13.8 Å². The largest absolute Gasteiger partial charge is 0.328 e. The van der Waals surface area contributed by atoms with Crippen molar-refractivity contribution < 1.29 is 4.79 Å². The first-order valence-corrected chi connectivity index (χ1v) is 8.28. The number of hydrogen-bond donors (Lipinski definition) is 1. The number of urea groups is 1. The third-order valence-corrected chi connectivity index (χ3v) is 4.73. The summed E-state index contributed by atoms with van der Waals surface area (Å²) in [6.45, 7) is 6.75. The van der Waals surface area contributed by atoms with Gasteiger partial charge in [-0.25, -0.2) is 4.79 Å². The van der Waals surface area contributed by atoms with Crippen molar-refractivity contribution in [2.45, 2.75) is 32.1 Å². The van der Waals surface area contributed by atoms with E-state index in [4.69, 9.17) is 23.2 Å². The molecule has 0 fully saturated rings. The van der Waals surface area contributed by atoms with Gasteiger partial charge in [0.2, 0.25) is 0 Å². The molecule has 1 heterocycles. The van der Waals surface area contributed by atoms with Crippen LogP contribution >= 0.6 is 35.0 Å². The molecule has 1 aromatic carbocycles. The quantitative estimate of drug-likeness (QED) is 0.842. The van der Waals surface area contributed by atoms with Crippen molar-refractivity contribution in [3.63, 3.8) is 0 Å². The lowest BCUT2D eigenvalue weighted by Gasteiger charge is -2.26. The van der Waals surface area contributed by atoms with E-state index >= 15 is 0 Å². The summed E-state index contributed by atoms with van der Waals surface area (Å²) in [6, 6.07) is 4.81. The Balaban J connectivity index is 2.14. The molecule has 4 nitrogen and oxygen atoms in total. The standard InChI is InChI=1S/C14H17Cl2N3OS/c1-8(2)19(14-17-7-9(3)21-14)13(20)18-10-4-5-11(15)12(16)6-10/h4-6,8-9H,7H2,1-3H3,(H,18,20). The number of nitrogens with one attached hydrogen (secondary N) is 1. The van der Waals surface area contributed by atoms with E-state index in [2.05, 4.69) is 17.2 Å². The highest BCUT2D eigenvalue weighted by Gasteiger charge is 2.28. The van der Waals surface area contributed by atoms with Gasteiger partial charge in [-0.05, 0) is 32.0 Å². The van der Waals surface area contributed by atoms with E-state index in [1.54, 1.807) is 34.9 Å². The molecule has 21 heavy (non-hydrogen) atoms. The van der Waals surface area contributed by atoms with Crippen LogP contribution in [0.25, 0.3) is 0 Å². The number of halogens is 2. The van der Waals surface area contributed by atoms with Crippen LogP contribution in [0, 0.1) is 0 Å². The smallest absolute Gasteiger partial charge is 0.307 e. The number of rotatable bonds is 2. The Hall–Kier alpha value is -0.910. The van der Waals surface area contributed by atoms with Crippen molar-refractivity contribution in [1.82, 2.24) is 4.90 Å². The van der Waals surface area contributed by atoms with Gasteiger partial charge >= 0.3 is 6.03 Å². The summed E-state index contributed by atoms with van der Waals surface area (Å²) in [5.74, 6) is 0. The maximum Gasteiger partial charge on any atom is 0.328 e. The summed E-state index contributed by atoms with van der Waals surface area (Å²) >= 11 is 13.4. The van der Waals surface area contributed by atoms with Gasteiger partial charge in [0, 0.05) is 17.0 Å². The van der Waals surface area contributed by atoms with Crippen LogP contribution in [0.15, 0.2) is 23.2 Å². The van der Waals surface area contributed by atoms with E-state index in [9.17, 15) is 4.79 Å². The van der Waals surface area contributed by atoms with Gasteiger partial charge in [0.05, 0.1) is 16.6 Å². The molecule has 1 aliphatic heterocycles. The summed E-state index contributed by atoms with van der Waals surface area (Å²) < 4.78 is 0. The summed E-state index contributed by atoms with van der Waals surface area (Å²) in [5, 5.41) is 4.86. The molecular weight excluding hydrogens is 329 g/mol. The Morgan fingerprint density at radius 2 is 2.14 bits per heavy atom. The van der Waals surface area contributed by atoms with Crippen LogP contribution in [0.1, 0.15) is 20.8 Å². The molecular formula is C14H17Cl2N3OS. The summed E-state index contributed by atoms with van der Waals surface area (Å²) in [5.41, 5.74) is 0.608. The van der Waals surface area contributed by atoms with Crippen LogP contribution in [0.5, 0.6) is 0 Å². The highest BCUT2D eigenvalue weighted by atomic mass is 35.5. The van der Waals surface area contributed by atoms with E-state index in [0.29, 0.717) is 21.0 Å². The second-order valence-electron chi connectivity index (χ2n) is 5.07. The number of nitrogens with zero attached hydrogens (tertiary/aromatic N) is 2. The second-order valence-corrected chi connectivity index (χ2v) is 7.29. The number of aliphatic imine (C=N–C) groups is 1. The highest BCUT2D eigenvalue weighted by Crippen LogP contribution is 2.27. The van der Waals surface area contributed by atoms with Crippen LogP contribution in [0.2, 0.25) is 10.0 Å². The Bertz CT molecular complexity index is 577. The van der Waals surface area contributed by atoms with Gasteiger partial charge in [-0.15, -0.1) is 0 Å². The second kappa shape index (κ2) is 6.90. The molecule has 0 aliphatic carbocycles. The zero-order valence-electron chi connectivity index (χ0n) is 12.1. The molecule has 0 aromatic heterocycles. The van der Waals surface area contributed by atoms with Crippen LogP contribution in [0.3, 0.4) is 0 Å². The average Bonchev–Trinajstić information content (AvgIpc) is 2.80. The summed E-state index contributed by atoms with van der Waals surface area (Å²) in [7, 11) is 0. The highest BCUT2D eigenvalue weighted by molar-refractivity contribution is 8.14. The van der Waals surface area contributed by atoms with Gasteiger partial charge in [0.1, 0.15) is 0 Å². The van der Waals surface area contributed by atoms with Gasteiger partial charge in [-0.3, -0.25) is 9.89 Å². The molecule has 1 aromatic rings. The first-order valence-electron chi connectivity index (χ1n) is 6.65. The minimum absolute atomic E-state index is 0.0179. The molecule has 0 bridgehead atoms. The van der Waals surface area contributed by atoms with E-state index in [-0.39, 0.29) is 12.1 Å². The minimum atomic E-state index is -0.219. The number of amides is 2. The predicted molar refractivity (Wildman–Crippen MR) is 91.8 cm³/mol. The van der Waals surface area contributed by atoms with E-state index < -0.39 is 0 Å².